The molecule has 0 aromatic heterocycles. The predicted molar refractivity (Wildman–Crippen MR) is 177 cm³/mol. The Hall–Kier alpha value is -3.50. The van der Waals surface area contributed by atoms with Crippen LogP contribution in [0.3, 0.4) is 0 Å². The second-order valence-corrected chi connectivity index (χ2v) is 15.2. The molecular formula is C34H52N6O9. The predicted octanol–water partition coefficient (Wildman–Crippen LogP) is 0.707. The number of ether oxygens (including phenoxy) is 2. The first-order valence-electron chi connectivity index (χ1n) is 16.9. The minimum atomic E-state index is -0.706. The third-order valence-electron chi connectivity index (χ3n) is 9.87. The van der Waals surface area contributed by atoms with Gasteiger partial charge in [-0.25, -0.2) is 4.94 Å². The van der Waals surface area contributed by atoms with Crippen LogP contribution in [0.1, 0.15) is 68.2 Å². The van der Waals surface area contributed by atoms with E-state index in [9.17, 15) is 28.8 Å². The van der Waals surface area contributed by atoms with Crippen LogP contribution in [0, 0.1) is 11.8 Å². The third-order valence-corrected chi connectivity index (χ3v) is 9.87. The molecule has 0 aromatic rings. The highest BCUT2D eigenvalue weighted by molar-refractivity contribution is 6.13. The Morgan fingerprint density at radius 1 is 0.612 bits per heavy atom. The maximum absolute atomic E-state index is 13.5. The van der Waals surface area contributed by atoms with Crippen molar-refractivity contribution in [3.8, 4) is 0 Å². The number of nitrogens with one attached hydrogen (secondary N) is 2. The molecule has 0 aliphatic carbocycles. The summed E-state index contributed by atoms with van der Waals surface area (Å²) < 4.78 is 11.1. The largest absolute Gasteiger partial charge is 0.378 e. The molecule has 2 atom stereocenters. The second kappa shape index (κ2) is 14.8. The molecule has 4 rings (SSSR count). The first-order chi connectivity index (χ1) is 22.8. The van der Waals surface area contributed by atoms with Crippen LogP contribution in [0.4, 0.5) is 0 Å². The summed E-state index contributed by atoms with van der Waals surface area (Å²) in [6.45, 7) is 17.7. The van der Waals surface area contributed by atoms with Crippen molar-refractivity contribution in [3.05, 3.63) is 24.3 Å². The molecule has 2 N–H and O–H groups in total. The number of carbonyl (C=O) groups is 6. The molecule has 272 valence electrons. The first-order valence-corrected chi connectivity index (χ1v) is 16.9. The number of carbonyl (C=O) groups excluding carboxylic acids is 6. The van der Waals surface area contributed by atoms with Gasteiger partial charge >= 0.3 is 0 Å². The number of amides is 6. The zero-order chi connectivity index (χ0) is 36.4. The Morgan fingerprint density at radius 2 is 0.939 bits per heavy atom. The fourth-order valence-electron chi connectivity index (χ4n) is 7.41. The minimum absolute atomic E-state index is 0.128. The molecule has 6 amide bonds. The summed E-state index contributed by atoms with van der Waals surface area (Å²) in [6.07, 6.45) is 5.99. The molecule has 4 aliphatic rings. The molecule has 0 aromatic carbocycles. The van der Waals surface area contributed by atoms with Crippen molar-refractivity contribution in [2.24, 2.45) is 11.8 Å². The van der Waals surface area contributed by atoms with Crippen molar-refractivity contribution >= 4 is 35.4 Å². The van der Waals surface area contributed by atoms with Gasteiger partial charge in [-0.15, -0.1) is 0 Å². The van der Waals surface area contributed by atoms with E-state index >= 15 is 0 Å². The average Bonchev–Trinajstić information content (AvgIpc) is 3.62. The minimum Gasteiger partial charge on any atom is -0.378 e. The van der Waals surface area contributed by atoms with Gasteiger partial charge in [0.2, 0.25) is 11.8 Å². The molecule has 0 saturated carbocycles. The lowest BCUT2D eigenvalue weighted by Gasteiger charge is -2.48. The van der Waals surface area contributed by atoms with Crippen LogP contribution in [0.15, 0.2) is 24.3 Å². The maximum atomic E-state index is 13.5. The van der Waals surface area contributed by atoms with E-state index in [0.29, 0.717) is 12.8 Å². The van der Waals surface area contributed by atoms with Gasteiger partial charge in [-0.05, 0) is 68.2 Å². The van der Waals surface area contributed by atoms with Gasteiger partial charge in [0.15, 0.2) is 0 Å². The molecule has 49 heavy (non-hydrogen) atoms. The summed E-state index contributed by atoms with van der Waals surface area (Å²) >= 11 is 0. The van der Waals surface area contributed by atoms with Crippen LogP contribution in [0.2, 0.25) is 0 Å². The molecule has 2 saturated heterocycles. The van der Waals surface area contributed by atoms with Gasteiger partial charge in [0, 0.05) is 48.5 Å². The third kappa shape index (κ3) is 8.28. The van der Waals surface area contributed by atoms with E-state index in [1.807, 2.05) is 65.5 Å². The molecule has 4 heterocycles. The first kappa shape index (κ1) is 38.3. The number of hydrogen-bond acceptors (Lipinski definition) is 11. The van der Waals surface area contributed by atoms with Crippen LogP contribution in [0.5, 0.6) is 0 Å². The van der Waals surface area contributed by atoms with Crippen LogP contribution < -0.4 is 10.6 Å². The summed E-state index contributed by atoms with van der Waals surface area (Å²) in [6, 6.07) is 0. The lowest BCUT2D eigenvalue weighted by atomic mass is 9.86. The lowest BCUT2D eigenvalue weighted by molar-refractivity contribution is -0.410. The fraction of sp³-hybridized carbons (Fsp3) is 0.706. The van der Waals surface area contributed by atoms with Crippen LogP contribution >= 0.6 is 0 Å². The lowest BCUT2D eigenvalue weighted by Crippen LogP contribution is -2.60. The van der Waals surface area contributed by atoms with E-state index in [0.717, 1.165) is 9.80 Å². The highest BCUT2D eigenvalue weighted by Crippen LogP contribution is 2.50. The fourth-order valence-corrected chi connectivity index (χ4v) is 7.41. The van der Waals surface area contributed by atoms with Crippen molar-refractivity contribution < 1.29 is 43.2 Å². The molecular weight excluding hydrogens is 636 g/mol. The normalized spacial score (nSPS) is 25.6. The van der Waals surface area contributed by atoms with Gasteiger partial charge in [0.25, 0.3) is 23.6 Å². The van der Waals surface area contributed by atoms with E-state index in [1.165, 1.54) is 24.3 Å². The standard InChI is InChI=1S/C34H52N6O9/c1-31(2)21-23(29(45)35-13-17-47-19-15-37-25(41)9-10-26(37)42)33(5,6)39(31)49-40-32(3,4)22-24(34(40,7)8)30(46)36-14-18-48-20-16-38-27(43)11-12-28(38)44/h9-12,23-24H,13-22H2,1-8H3,(H,35,45)(H,36,46). The number of nitrogens with zero attached hydrogens (tertiary/aromatic N) is 4. The van der Waals surface area contributed by atoms with E-state index in [4.69, 9.17) is 14.4 Å². The summed E-state index contributed by atoms with van der Waals surface area (Å²) in [7, 11) is 0. The average molecular weight is 689 g/mol. The molecule has 2 unspecified atom stereocenters. The molecule has 0 spiro atoms. The summed E-state index contributed by atoms with van der Waals surface area (Å²) in [5.74, 6) is -2.49. The van der Waals surface area contributed by atoms with Crippen molar-refractivity contribution in [2.45, 2.75) is 90.4 Å². The van der Waals surface area contributed by atoms with Gasteiger partial charge in [-0.1, -0.05) is 0 Å². The summed E-state index contributed by atoms with van der Waals surface area (Å²) in [5, 5.41) is 9.71. The van der Waals surface area contributed by atoms with Gasteiger partial charge < -0.3 is 20.1 Å². The Balaban J connectivity index is 1.26. The molecule has 0 radical (unpaired) electrons. The van der Waals surface area contributed by atoms with E-state index in [1.54, 1.807) is 0 Å². The van der Waals surface area contributed by atoms with Crippen molar-refractivity contribution in [3.63, 3.8) is 0 Å². The summed E-state index contributed by atoms with van der Waals surface area (Å²) in [5.41, 5.74) is -2.45. The van der Waals surface area contributed by atoms with Gasteiger partial charge in [-0.2, -0.15) is 10.1 Å². The van der Waals surface area contributed by atoms with E-state index < -0.39 is 34.0 Å². The quantitative estimate of drug-likeness (QED) is 0.173. The van der Waals surface area contributed by atoms with Crippen LogP contribution in [-0.4, -0.2) is 130 Å². The molecule has 0 bridgehead atoms. The van der Waals surface area contributed by atoms with Gasteiger partial charge in [0.05, 0.1) is 62.4 Å². The van der Waals surface area contributed by atoms with Crippen molar-refractivity contribution in [1.82, 2.24) is 30.6 Å². The SMILES string of the molecule is CC1(C)CC(C(=O)NCCOCCN2C(=O)C=CC2=O)C(C)(C)N1ON1C(C)(C)CC(C(=O)NCCOCCN2C(=O)C=CC2=O)C1(C)C. The van der Waals surface area contributed by atoms with Gasteiger partial charge in [-0.3, -0.25) is 38.6 Å². The summed E-state index contributed by atoms with van der Waals surface area (Å²) in [4.78, 5) is 82.6. The number of imide groups is 2. The topological polar surface area (TPSA) is 167 Å². The maximum Gasteiger partial charge on any atom is 0.253 e. The van der Waals surface area contributed by atoms with Crippen LogP contribution in [0.25, 0.3) is 0 Å². The molecule has 2 fully saturated rings. The molecule has 15 nitrogen and oxygen atoms in total. The van der Waals surface area contributed by atoms with Gasteiger partial charge in [0.1, 0.15) is 0 Å². The van der Waals surface area contributed by atoms with E-state index in [-0.39, 0.29) is 88.0 Å². The Labute approximate surface area is 288 Å². The Kier molecular flexibility index (Phi) is 11.5. The van der Waals surface area contributed by atoms with Crippen molar-refractivity contribution in [2.75, 3.05) is 52.6 Å². The highest BCUT2D eigenvalue weighted by atomic mass is 16.8. The molecule has 15 heteroatoms. The van der Waals surface area contributed by atoms with Crippen LogP contribution in [-0.2, 0) is 43.2 Å². The number of rotatable bonds is 16. The zero-order valence-corrected chi connectivity index (χ0v) is 30.0. The monoisotopic (exact) mass is 688 g/mol. The molecule has 4 aliphatic heterocycles. The van der Waals surface area contributed by atoms with E-state index in [2.05, 4.69) is 10.6 Å². The zero-order valence-electron chi connectivity index (χ0n) is 30.0. The number of hydroxylamine groups is 4. The number of hydrogen-bond donors (Lipinski definition) is 2. The second-order valence-electron chi connectivity index (χ2n) is 15.2. The van der Waals surface area contributed by atoms with Crippen molar-refractivity contribution in [1.29, 1.82) is 0 Å². The Bertz CT molecular complexity index is 1250. The smallest absolute Gasteiger partial charge is 0.253 e. The Morgan fingerprint density at radius 3 is 1.27 bits per heavy atom. The highest BCUT2D eigenvalue weighted by Gasteiger charge is 2.61.